The number of hydrogen-bond donors (Lipinski definition) is 1. The highest BCUT2D eigenvalue weighted by Crippen LogP contribution is 2.25. The number of nitrogens with zero attached hydrogens (tertiary/aromatic N) is 2. The summed E-state index contributed by atoms with van der Waals surface area (Å²) in [5.41, 5.74) is -0.307. The van der Waals surface area contributed by atoms with Crippen molar-refractivity contribution >= 4 is 5.97 Å². The van der Waals surface area contributed by atoms with Crippen LogP contribution in [0.4, 0.5) is 0 Å². The second kappa shape index (κ2) is 5.52. The number of morpholine rings is 1. The van der Waals surface area contributed by atoms with Crippen LogP contribution in [-0.4, -0.2) is 85.6 Å². The van der Waals surface area contributed by atoms with Gasteiger partial charge in [-0.05, 0) is 14.0 Å². The molecule has 2 heterocycles. The molecule has 1 atom stereocenters. The summed E-state index contributed by atoms with van der Waals surface area (Å²) in [5.74, 6) is -0.910. The first-order valence-corrected chi connectivity index (χ1v) is 6.35. The minimum absolute atomic E-state index is 0.215. The van der Waals surface area contributed by atoms with Gasteiger partial charge in [-0.1, -0.05) is 0 Å². The Morgan fingerprint density at radius 2 is 2.28 bits per heavy atom. The molecule has 0 aromatic carbocycles. The van der Waals surface area contributed by atoms with Gasteiger partial charge in [0.1, 0.15) is 6.61 Å². The number of rotatable bonds is 5. The zero-order valence-corrected chi connectivity index (χ0v) is 11.1. The van der Waals surface area contributed by atoms with E-state index in [9.17, 15) is 4.79 Å². The molecule has 2 aliphatic heterocycles. The van der Waals surface area contributed by atoms with E-state index in [4.69, 9.17) is 14.6 Å². The molecule has 0 spiro atoms. The fourth-order valence-electron chi connectivity index (χ4n) is 2.62. The molecule has 0 radical (unpaired) electrons. The van der Waals surface area contributed by atoms with Gasteiger partial charge in [0.05, 0.1) is 18.3 Å². The van der Waals surface area contributed by atoms with E-state index in [0.717, 1.165) is 39.3 Å². The van der Waals surface area contributed by atoms with Gasteiger partial charge in [0.2, 0.25) is 0 Å². The first kappa shape index (κ1) is 13.7. The first-order valence-electron chi connectivity index (χ1n) is 6.35. The van der Waals surface area contributed by atoms with Crippen molar-refractivity contribution in [1.82, 2.24) is 9.80 Å². The first-order chi connectivity index (χ1) is 8.47. The van der Waals surface area contributed by atoms with Crippen LogP contribution in [0.25, 0.3) is 0 Å². The molecule has 0 bridgehead atoms. The van der Waals surface area contributed by atoms with E-state index >= 15 is 0 Å². The Hall–Kier alpha value is -0.690. The normalized spacial score (nSPS) is 28.9. The lowest BCUT2D eigenvalue weighted by atomic mass is 9.96. The van der Waals surface area contributed by atoms with Crippen LogP contribution in [-0.2, 0) is 14.3 Å². The molecule has 6 heteroatoms. The smallest absolute Gasteiger partial charge is 0.329 e. The van der Waals surface area contributed by atoms with Gasteiger partial charge in [-0.3, -0.25) is 4.90 Å². The number of carbonyl (C=O) groups is 1. The third-order valence-corrected chi connectivity index (χ3v) is 3.46. The van der Waals surface area contributed by atoms with E-state index in [1.807, 2.05) is 6.92 Å². The summed E-state index contributed by atoms with van der Waals surface area (Å²) in [6.45, 7) is 6.96. The molecular weight excluding hydrogens is 236 g/mol. The van der Waals surface area contributed by atoms with Crippen molar-refractivity contribution in [1.29, 1.82) is 0 Å². The van der Waals surface area contributed by atoms with Crippen molar-refractivity contribution in [3.8, 4) is 0 Å². The number of likely N-dealkylation sites (tertiary alicyclic amines) is 1. The van der Waals surface area contributed by atoms with Crippen molar-refractivity contribution in [2.75, 3.05) is 53.0 Å². The average Bonchev–Trinajstić information content (AvgIpc) is 2.24. The van der Waals surface area contributed by atoms with E-state index in [1.54, 1.807) is 0 Å². The monoisotopic (exact) mass is 258 g/mol. The Morgan fingerprint density at radius 3 is 2.89 bits per heavy atom. The molecule has 0 amide bonds. The van der Waals surface area contributed by atoms with Gasteiger partial charge in [-0.2, -0.15) is 0 Å². The Labute approximate surface area is 107 Å². The van der Waals surface area contributed by atoms with Gasteiger partial charge in [0.15, 0.2) is 0 Å². The number of aliphatic carboxylic acids is 1. The molecule has 0 aromatic rings. The van der Waals surface area contributed by atoms with Crippen LogP contribution in [0.2, 0.25) is 0 Å². The molecule has 2 rings (SSSR count). The van der Waals surface area contributed by atoms with Crippen molar-refractivity contribution < 1.29 is 19.4 Å². The van der Waals surface area contributed by atoms with Crippen LogP contribution in [0, 0.1) is 0 Å². The molecule has 0 saturated carbocycles. The van der Waals surface area contributed by atoms with Crippen LogP contribution < -0.4 is 0 Å². The van der Waals surface area contributed by atoms with E-state index in [-0.39, 0.29) is 18.3 Å². The van der Waals surface area contributed by atoms with Crippen LogP contribution in [0.15, 0.2) is 0 Å². The third kappa shape index (κ3) is 3.65. The van der Waals surface area contributed by atoms with Crippen molar-refractivity contribution in [3.63, 3.8) is 0 Å². The van der Waals surface area contributed by atoms with Crippen molar-refractivity contribution in [2.24, 2.45) is 0 Å². The molecule has 0 aliphatic carbocycles. The summed E-state index contributed by atoms with van der Waals surface area (Å²) in [5, 5.41) is 8.59. The topological polar surface area (TPSA) is 62.2 Å². The number of hydrogen-bond acceptors (Lipinski definition) is 5. The SMILES string of the molecule is CN1CCOC(CN2CC(C)(OCC(=O)O)C2)C1. The van der Waals surface area contributed by atoms with E-state index in [1.165, 1.54) is 0 Å². The largest absolute Gasteiger partial charge is 0.480 e. The van der Waals surface area contributed by atoms with Crippen LogP contribution in [0.1, 0.15) is 6.92 Å². The molecule has 0 aromatic heterocycles. The maximum absolute atomic E-state index is 10.5. The van der Waals surface area contributed by atoms with Gasteiger partial charge >= 0.3 is 5.97 Å². The molecule has 1 N–H and O–H groups in total. The fourth-order valence-corrected chi connectivity index (χ4v) is 2.62. The molecule has 2 saturated heterocycles. The average molecular weight is 258 g/mol. The van der Waals surface area contributed by atoms with Crippen LogP contribution >= 0.6 is 0 Å². The lowest BCUT2D eigenvalue weighted by Gasteiger charge is -2.49. The van der Waals surface area contributed by atoms with Gasteiger partial charge < -0.3 is 19.5 Å². The third-order valence-electron chi connectivity index (χ3n) is 3.46. The highest BCUT2D eigenvalue weighted by Gasteiger charge is 2.41. The van der Waals surface area contributed by atoms with Crippen LogP contribution in [0.3, 0.4) is 0 Å². The molecule has 2 fully saturated rings. The maximum Gasteiger partial charge on any atom is 0.329 e. The second-order valence-corrected chi connectivity index (χ2v) is 5.56. The molecule has 18 heavy (non-hydrogen) atoms. The number of ether oxygens (including phenoxy) is 2. The quantitative estimate of drug-likeness (QED) is 0.717. The van der Waals surface area contributed by atoms with Gasteiger partial charge in [0, 0.05) is 32.7 Å². The summed E-state index contributed by atoms with van der Waals surface area (Å²) in [6.07, 6.45) is 0.257. The lowest BCUT2D eigenvalue weighted by molar-refractivity contribution is -0.169. The molecule has 6 nitrogen and oxygen atoms in total. The summed E-state index contributed by atoms with van der Waals surface area (Å²) >= 11 is 0. The Morgan fingerprint density at radius 1 is 1.56 bits per heavy atom. The predicted octanol–water partition coefficient (Wildman–Crippen LogP) is -0.507. The summed E-state index contributed by atoms with van der Waals surface area (Å²) in [7, 11) is 2.10. The molecule has 2 aliphatic rings. The fraction of sp³-hybridized carbons (Fsp3) is 0.917. The van der Waals surface area contributed by atoms with Gasteiger partial charge in [0.25, 0.3) is 0 Å². The highest BCUT2D eigenvalue weighted by molar-refractivity contribution is 5.68. The van der Waals surface area contributed by atoms with Gasteiger partial charge in [-0.25, -0.2) is 4.79 Å². The Bertz CT molecular complexity index is 304. The minimum Gasteiger partial charge on any atom is -0.480 e. The van der Waals surface area contributed by atoms with E-state index < -0.39 is 5.97 Å². The molecular formula is C12H22N2O4. The number of carboxylic acids is 1. The maximum atomic E-state index is 10.5. The van der Waals surface area contributed by atoms with Crippen molar-refractivity contribution in [3.05, 3.63) is 0 Å². The lowest BCUT2D eigenvalue weighted by Crippen LogP contribution is -2.64. The summed E-state index contributed by atoms with van der Waals surface area (Å²) < 4.78 is 11.1. The van der Waals surface area contributed by atoms with Gasteiger partial charge in [-0.15, -0.1) is 0 Å². The van der Waals surface area contributed by atoms with Crippen molar-refractivity contribution in [2.45, 2.75) is 18.6 Å². The zero-order chi connectivity index (χ0) is 13.2. The number of likely N-dealkylation sites (N-methyl/N-ethyl adjacent to an activating group) is 1. The standard InChI is InChI=1S/C12H22N2O4/c1-12(18-7-11(15)16)8-14(9-12)6-10-5-13(2)3-4-17-10/h10H,3-9H2,1-2H3,(H,15,16). The molecule has 104 valence electrons. The second-order valence-electron chi connectivity index (χ2n) is 5.56. The van der Waals surface area contributed by atoms with Crippen LogP contribution in [0.5, 0.6) is 0 Å². The van der Waals surface area contributed by atoms with E-state index in [0.29, 0.717) is 0 Å². The number of carboxylic acid groups (broad SMARTS) is 1. The summed E-state index contributed by atoms with van der Waals surface area (Å²) in [6, 6.07) is 0. The Balaban J connectivity index is 1.67. The zero-order valence-electron chi connectivity index (χ0n) is 11.1. The van der Waals surface area contributed by atoms with E-state index in [2.05, 4.69) is 16.8 Å². The summed E-state index contributed by atoms with van der Waals surface area (Å²) in [4.78, 5) is 15.0. The Kier molecular flexibility index (Phi) is 4.21. The highest BCUT2D eigenvalue weighted by atomic mass is 16.5. The predicted molar refractivity (Wildman–Crippen MR) is 65.7 cm³/mol. The molecule has 1 unspecified atom stereocenters. The minimum atomic E-state index is -0.910.